The Bertz CT molecular complexity index is 517. The Morgan fingerprint density at radius 3 is 2.41 bits per heavy atom. The fourth-order valence-corrected chi connectivity index (χ4v) is 3.32. The first-order valence-electron chi connectivity index (χ1n) is 5.51. The molecule has 0 saturated carbocycles. The average molecular weight is 256 g/mol. The fourth-order valence-electron chi connectivity index (χ4n) is 1.65. The van der Waals surface area contributed by atoms with Gasteiger partial charge in [-0.05, 0) is 30.5 Å². The molecule has 1 aromatic rings. The van der Waals surface area contributed by atoms with Crippen LogP contribution in [0.3, 0.4) is 0 Å². The molecular weight excluding hydrogens is 240 g/mol. The van der Waals surface area contributed by atoms with Crippen molar-refractivity contribution in [1.82, 2.24) is 0 Å². The maximum Gasteiger partial charge on any atom is 0.335 e. The van der Waals surface area contributed by atoms with Gasteiger partial charge < -0.3 is 5.11 Å². The highest BCUT2D eigenvalue weighted by Crippen LogP contribution is 2.20. The molecule has 0 radical (unpaired) electrons. The van der Waals surface area contributed by atoms with Crippen molar-refractivity contribution in [3.63, 3.8) is 0 Å². The number of benzene rings is 1. The summed E-state index contributed by atoms with van der Waals surface area (Å²) in [6.07, 6.45) is 1.08. The van der Waals surface area contributed by atoms with Gasteiger partial charge in [-0.25, -0.2) is 13.2 Å². The molecular formula is C12H16O4S. The van der Waals surface area contributed by atoms with Gasteiger partial charge in [0, 0.05) is 0 Å². The van der Waals surface area contributed by atoms with E-state index in [1.807, 2.05) is 6.92 Å². The van der Waals surface area contributed by atoms with E-state index in [2.05, 4.69) is 0 Å². The molecule has 0 heterocycles. The lowest BCUT2D eigenvalue weighted by Crippen LogP contribution is -2.10. The first-order valence-corrected chi connectivity index (χ1v) is 7.16. The van der Waals surface area contributed by atoms with E-state index in [0.717, 1.165) is 0 Å². The second-order valence-electron chi connectivity index (χ2n) is 3.80. The summed E-state index contributed by atoms with van der Waals surface area (Å²) < 4.78 is 24.0. The Hall–Kier alpha value is -1.36. The van der Waals surface area contributed by atoms with Gasteiger partial charge in [-0.3, -0.25) is 0 Å². The van der Waals surface area contributed by atoms with Crippen molar-refractivity contribution in [2.24, 2.45) is 0 Å². The largest absolute Gasteiger partial charge is 0.478 e. The molecule has 4 nitrogen and oxygen atoms in total. The summed E-state index contributed by atoms with van der Waals surface area (Å²) in [6, 6.07) is 4.27. The number of aromatic carboxylic acids is 1. The Morgan fingerprint density at radius 2 is 1.94 bits per heavy atom. The van der Waals surface area contributed by atoms with Gasteiger partial charge >= 0.3 is 5.97 Å². The second kappa shape index (κ2) is 5.31. The van der Waals surface area contributed by atoms with Crippen LogP contribution in [-0.2, 0) is 16.3 Å². The van der Waals surface area contributed by atoms with Crippen LogP contribution in [0.25, 0.3) is 0 Å². The standard InChI is InChI=1S/C12H16O4S/c1-3-7-17(15,16)11-8-10(12(13)14)6-5-9(11)4-2/h5-6,8H,3-4,7H2,1-2H3,(H,13,14). The van der Waals surface area contributed by atoms with Crippen LogP contribution in [0.5, 0.6) is 0 Å². The van der Waals surface area contributed by atoms with Crippen molar-refractivity contribution < 1.29 is 18.3 Å². The monoisotopic (exact) mass is 256 g/mol. The Kier molecular flexibility index (Phi) is 4.28. The molecule has 0 aliphatic carbocycles. The number of rotatable bonds is 5. The van der Waals surface area contributed by atoms with Gasteiger partial charge in [-0.2, -0.15) is 0 Å². The molecule has 17 heavy (non-hydrogen) atoms. The molecule has 0 atom stereocenters. The van der Waals surface area contributed by atoms with Crippen LogP contribution in [0.4, 0.5) is 0 Å². The molecule has 5 heteroatoms. The average Bonchev–Trinajstić information content (AvgIpc) is 2.28. The quantitative estimate of drug-likeness (QED) is 0.876. The highest BCUT2D eigenvalue weighted by molar-refractivity contribution is 7.91. The third kappa shape index (κ3) is 3.06. The molecule has 0 aliphatic heterocycles. The molecule has 1 aromatic carbocycles. The predicted octanol–water partition coefficient (Wildman–Crippen LogP) is 2.13. The maximum absolute atomic E-state index is 12.0. The van der Waals surface area contributed by atoms with Gasteiger partial charge in [0.15, 0.2) is 9.84 Å². The maximum atomic E-state index is 12.0. The van der Waals surface area contributed by atoms with E-state index in [-0.39, 0.29) is 16.2 Å². The summed E-state index contributed by atoms with van der Waals surface area (Å²) in [7, 11) is -3.37. The lowest BCUT2D eigenvalue weighted by Gasteiger charge is -2.09. The molecule has 0 aromatic heterocycles. The molecule has 0 bridgehead atoms. The third-order valence-electron chi connectivity index (χ3n) is 2.50. The van der Waals surface area contributed by atoms with Crippen molar-refractivity contribution in [3.05, 3.63) is 29.3 Å². The normalized spacial score (nSPS) is 11.4. The van der Waals surface area contributed by atoms with E-state index < -0.39 is 15.8 Å². The van der Waals surface area contributed by atoms with E-state index in [1.54, 1.807) is 13.0 Å². The van der Waals surface area contributed by atoms with Gasteiger partial charge in [-0.15, -0.1) is 0 Å². The van der Waals surface area contributed by atoms with Crippen LogP contribution in [0.2, 0.25) is 0 Å². The highest BCUT2D eigenvalue weighted by atomic mass is 32.2. The Labute approximate surface area is 101 Å². The fraction of sp³-hybridized carbons (Fsp3) is 0.417. The van der Waals surface area contributed by atoms with Crippen LogP contribution < -0.4 is 0 Å². The minimum atomic E-state index is -3.37. The lowest BCUT2D eigenvalue weighted by molar-refractivity contribution is 0.0696. The van der Waals surface area contributed by atoms with E-state index in [0.29, 0.717) is 18.4 Å². The summed E-state index contributed by atoms with van der Waals surface area (Å²) >= 11 is 0. The number of hydrogen-bond acceptors (Lipinski definition) is 3. The van der Waals surface area contributed by atoms with Crippen molar-refractivity contribution in [3.8, 4) is 0 Å². The Balaban J connectivity index is 3.38. The summed E-state index contributed by atoms with van der Waals surface area (Å²) in [4.78, 5) is 11.0. The van der Waals surface area contributed by atoms with Crippen molar-refractivity contribution in [2.45, 2.75) is 31.6 Å². The predicted molar refractivity (Wildman–Crippen MR) is 65.1 cm³/mol. The number of aryl methyl sites for hydroxylation is 1. The number of carboxylic acids is 1. The summed E-state index contributed by atoms with van der Waals surface area (Å²) in [5, 5.41) is 8.87. The first kappa shape index (κ1) is 13.7. The zero-order valence-electron chi connectivity index (χ0n) is 9.93. The van der Waals surface area contributed by atoms with Gasteiger partial charge in [-0.1, -0.05) is 19.9 Å². The molecule has 1 N–H and O–H groups in total. The summed E-state index contributed by atoms with van der Waals surface area (Å²) in [5.41, 5.74) is 0.681. The molecule has 0 amide bonds. The van der Waals surface area contributed by atoms with Crippen LogP contribution in [-0.4, -0.2) is 25.2 Å². The second-order valence-corrected chi connectivity index (χ2v) is 5.88. The zero-order chi connectivity index (χ0) is 13.1. The van der Waals surface area contributed by atoms with Crippen molar-refractivity contribution in [1.29, 1.82) is 0 Å². The molecule has 0 fully saturated rings. The molecule has 0 unspecified atom stereocenters. The molecule has 94 valence electrons. The minimum absolute atomic E-state index is 0.0110. The SMILES string of the molecule is CCCS(=O)(=O)c1cc(C(=O)O)ccc1CC. The molecule has 1 rings (SSSR count). The molecule has 0 spiro atoms. The van der Waals surface area contributed by atoms with Crippen molar-refractivity contribution in [2.75, 3.05) is 5.75 Å². The van der Waals surface area contributed by atoms with Crippen molar-refractivity contribution >= 4 is 15.8 Å². The summed E-state index contributed by atoms with van der Waals surface area (Å²) in [5.74, 6) is -1.07. The van der Waals surface area contributed by atoms with Crippen LogP contribution in [0.15, 0.2) is 23.1 Å². The molecule has 0 aliphatic rings. The minimum Gasteiger partial charge on any atom is -0.478 e. The lowest BCUT2D eigenvalue weighted by atomic mass is 10.1. The van der Waals surface area contributed by atoms with Crippen LogP contribution >= 0.6 is 0 Å². The van der Waals surface area contributed by atoms with E-state index in [9.17, 15) is 13.2 Å². The van der Waals surface area contributed by atoms with E-state index in [4.69, 9.17) is 5.11 Å². The zero-order valence-corrected chi connectivity index (χ0v) is 10.8. The van der Waals surface area contributed by atoms with Gasteiger partial charge in [0.1, 0.15) is 0 Å². The van der Waals surface area contributed by atoms with Crippen LogP contribution in [0, 0.1) is 0 Å². The number of carbonyl (C=O) groups is 1. The topological polar surface area (TPSA) is 71.4 Å². The Morgan fingerprint density at radius 1 is 1.29 bits per heavy atom. The number of sulfone groups is 1. The molecule has 0 saturated heterocycles. The van der Waals surface area contributed by atoms with E-state index in [1.165, 1.54) is 12.1 Å². The highest BCUT2D eigenvalue weighted by Gasteiger charge is 2.19. The van der Waals surface area contributed by atoms with E-state index >= 15 is 0 Å². The number of carboxylic acid groups (broad SMARTS) is 1. The van der Waals surface area contributed by atoms with Crippen LogP contribution in [0.1, 0.15) is 36.2 Å². The third-order valence-corrected chi connectivity index (χ3v) is 4.50. The smallest absolute Gasteiger partial charge is 0.335 e. The van der Waals surface area contributed by atoms with Gasteiger partial charge in [0.25, 0.3) is 0 Å². The van der Waals surface area contributed by atoms with Gasteiger partial charge in [0.2, 0.25) is 0 Å². The van der Waals surface area contributed by atoms with Gasteiger partial charge in [0.05, 0.1) is 16.2 Å². The summed E-state index contributed by atoms with van der Waals surface area (Å²) in [6.45, 7) is 3.63. The number of hydrogen-bond donors (Lipinski definition) is 1. The first-order chi connectivity index (χ1) is 7.92.